The van der Waals surface area contributed by atoms with Gasteiger partial charge in [-0.1, -0.05) is 6.42 Å². The van der Waals surface area contributed by atoms with Crippen molar-refractivity contribution < 1.29 is 4.74 Å². The van der Waals surface area contributed by atoms with Gasteiger partial charge in [-0.3, -0.25) is 5.01 Å². The molecule has 0 amide bonds. The Morgan fingerprint density at radius 1 is 1.21 bits per heavy atom. The van der Waals surface area contributed by atoms with E-state index < -0.39 is 0 Å². The predicted molar refractivity (Wildman–Crippen MR) is 115 cm³/mol. The first kappa shape index (κ1) is 21.2. The zero-order chi connectivity index (χ0) is 21.0. The molecule has 1 heterocycles. The normalized spacial score (nSPS) is 18.1. The average molecular weight is 403 g/mol. The van der Waals surface area contributed by atoms with E-state index in [4.69, 9.17) is 28.0 Å². The molecule has 0 unspecified atom stereocenters. The SMILES string of the molecule is Cc1nc(/C(N)=C(\CN(N)/C(CC2CC2)=N\N)N(C)N)ccc1OCC1CCC1. The number of aromatic nitrogens is 1. The van der Waals surface area contributed by atoms with Gasteiger partial charge in [0.25, 0.3) is 0 Å². The molecule has 1 aromatic rings. The number of aryl methyl sites for hydroxylation is 1. The highest BCUT2D eigenvalue weighted by Gasteiger charge is 2.26. The molecule has 2 aliphatic rings. The lowest BCUT2D eigenvalue weighted by atomic mass is 9.86. The number of hydrazine groups is 2. The maximum Gasteiger partial charge on any atom is 0.140 e. The van der Waals surface area contributed by atoms with Crippen LogP contribution in [-0.4, -0.2) is 41.0 Å². The van der Waals surface area contributed by atoms with Crippen molar-refractivity contribution in [3.05, 3.63) is 29.2 Å². The van der Waals surface area contributed by atoms with Crippen LogP contribution in [0, 0.1) is 18.8 Å². The summed E-state index contributed by atoms with van der Waals surface area (Å²) >= 11 is 0. The molecule has 29 heavy (non-hydrogen) atoms. The summed E-state index contributed by atoms with van der Waals surface area (Å²) in [4.78, 5) is 4.62. The van der Waals surface area contributed by atoms with E-state index in [0.29, 0.717) is 34.8 Å². The van der Waals surface area contributed by atoms with Gasteiger partial charge in [0.15, 0.2) is 0 Å². The lowest BCUT2D eigenvalue weighted by molar-refractivity contribution is 0.179. The quantitative estimate of drug-likeness (QED) is 0.209. The molecule has 0 aromatic carbocycles. The third-order valence-electron chi connectivity index (χ3n) is 5.72. The monoisotopic (exact) mass is 402 g/mol. The zero-order valence-electron chi connectivity index (χ0n) is 17.5. The lowest BCUT2D eigenvalue weighted by Gasteiger charge is -2.27. The number of hydrogen-bond acceptors (Lipinski definition) is 8. The number of hydrazone groups is 1. The summed E-state index contributed by atoms with van der Waals surface area (Å²) in [5.41, 5.74) is 8.94. The number of rotatable bonds is 9. The van der Waals surface area contributed by atoms with Crippen LogP contribution in [0.1, 0.15) is 49.9 Å². The molecule has 0 spiro atoms. The van der Waals surface area contributed by atoms with Crippen molar-refractivity contribution in [3.8, 4) is 5.75 Å². The largest absolute Gasteiger partial charge is 0.491 e. The number of nitrogens with two attached hydrogens (primary N) is 4. The molecule has 9 nitrogen and oxygen atoms in total. The first-order valence-corrected chi connectivity index (χ1v) is 10.3. The number of hydrogen-bond donors (Lipinski definition) is 4. The minimum absolute atomic E-state index is 0.280. The third kappa shape index (κ3) is 5.51. The van der Waals surface area contributed by atoms with Gasteiger partial charge in [-0.2, -0.15) is 5.10 Å². The second-order valence-electron chi connectivity index (χ2n) is 8.18. The summed E-state index contributed by atoms with van der Waals surface area (Å²) in [6, 6.07) is 3.77. The standard InChI is InChI=1S/C20H34N8O/c1-13-18(29-12-15-4-3-5-15)9-8-16(25-13)20(21)17(27(2)23)11-28(24)19(26-22)10-14-6-7-14/h8-9,14-15H,3-7,10-12,21-24H2,1-2H3/b20-17-,26-19-. The zero-order valence-corrected chi connectivity index (χ0v) is 17.5. The van der Waals surface area contributed by atoms with Gasteiger partial charge in [-0.05, 0) is 56.6 Å². The molecular formula is C20H34N8O. The average Bonchev–Trinajstić information content (AvgIpc) is 3.47. The summed E-state index contributed by atoms with van der Waals surface area (Å²) < 4.78 is 5.92. The number of likely N-dealkylation sites (N-methyl/N-ethyl adjacent to an activating group) is 1. The molecule has 1 aromatic heterocycles. The fourth-order valence-electron chi connectivity index (χ4n) is 3.33. The van der Waals surface area contributed by atoms with Crippen LogP contribution in [-0.2, 0) is 0 Å². The van der Waals surface area contributed by atoms with Crippen LogP contribution in [0.15, 0.2) is 22.9 Å². The highest BCUT2D eigenvalue weighted by atomic mass is 16.5. The Labute approximate surface area is 172 Å². The van der Waals surface area contributed by atoms with E-state index in [-0.39, 0.29) is 6.54 Å². The summed E-state index contributed by atoms with van der Waals surface area (Å²) in [5.74, 6) is 20.5. The topological polar surface area (TPSA) is 145 Å². The van der Waals surface area contributed by atoms with Gasteiger partial charge in [0.05, 0.1) is 35.9 Å². The smallest absolute Gasteiger partial charge is 0.140 e. The van der Waals surface area contributed by atoms with Crippen molar-refractivity contribution in [2.24, 2.45) is 40.2 Å². The third-order valence-corrected chi connectivity index (χ3v) is 5.72. The number of ether oxygens (including phenoxy) is 1. The maximum absolute atomic E-state index is 6.42. The minimum atomic E-state index is 0.280. The van der Waals surface area contributed by atoms with E-state index in [0.717, 1.165) is 24.5 Å². The predicted octanol–water partition coefficient (Wildman–Crippen LogP) is 1.25. The second kappa shape index (κ2) is 9.32. The Morgan fingerprint density at radius 2 is 1.93 bits per heavy atom. The molecule has 3 rings (SSSR count). The van der Waals surface area contributed by atoms with Crippen molar-refractivity contribution >= 4 is 11.5 Å². The first-order chi connectivity index (χ1) is 13.9. The van der Waals surface area contributed by atoms with Crippen molar-refractivity contribution in [1.82, 2.24) is 15.0 Å². The van der Waals surface area contributed by atoms with Crippen molar-refractivity contribution in [3.63, 3.8) is 0 Å². The maximum atomic E-state index is 6.42. The van der Waals surface area contributed by atoms with Crippen LogP contribution in [0.2, 0.25) is 0 Å². The van der Waals surface area contributed by atoms with Gasteiger partial charge >= 0.3 is 0 Å². The molecule has 2 aliphatic carbocycles. The molecular weight excluding hydrogens is 368 g/mol. The minimum Gasteiger partial charge on any atom is -0.491 e. The van der Waals surface area contributed by atoms with Gasteiger partial charge in [0.2, 0.25) is 0 Å². The van der Waals surface area contributed by atoms with E-state index in [1.54, 1.807) is 7.05 Å². The summed E-state index contributed by atoms with van der Waals surface area (Å²) in [6.45, 7) is 2.94. The van der Waals surface area contributed by atoms with Crippen LogP contribution in [0.5, 0.6) is 5.75 Å². The molecule has 0 aliphatic heterocycles. The van der Waals surface area contributed by atoms with Gasteiger partial charge in [-0.15, -0.1) is 0 Å². The Hall–Kier alpha value is -2.52. The summed E-state index contributed by atoms with van der Waals surface area (Å²) in [6.07, 6.45) is 6.93. The molecule has 0 atom stereocenters. The van der Waals surface area contributed by atoms with Crippen LogP contribution < -0.4 is 28.0 Å². The Bertz CT molecular complexity index is 768. The second-order valence-corrected chi connectivity index (χ2v) is 8.18. The fraction of sp³-hybridized carbons (Fsp3) is 0.600. The molecule has 8 N–H and O–H groups in total. The van der Waals surface area contributed by atoms with Gasteiger partial charge in [0.1, 0.15) is 11.6 Å². The molecule has 0 radical (unpaired) electrons. The van der Waals surface area contributed by atoms with Crippen molar-refractivity contribution in [2.75, 3.05) is 20.2 Å². The van der Waals surface area contributed by atoms with Crippen LogP contribution in [0.3, 0.4) is 0 Å². The first-order valence-electron chi connectivity index (χ1n) is 10.3. The van der Waals surface area contributed by atoms with Crippen LogP contribution >= 0.6 is 0 Å². The van der Waals surface area contributed by atoms with E-state index in [1.165, 1.54) is 42.1 Å². The van der Waals surface area contributed by atoms with E-state index in [2.05, 4.69) is 10.1 Å². The van der Waals surface area contributed by atoms with Gasteiger partial charge in [0, 0.05) is 13.5 Å². The Morgan fingerprint density at radius 3 is 2.45 bits per heavy atom. The van der Waals surface area contributed by atoms with Gasteiger partial charge in [-0.25, -0.2) is 16.7 Å². The van der Waals surface area contributed by atoms with Crippen molar-refractivity contribution in [1.29, 1.82) is 0 Å². The number of amidine groups is 1. The number of nitrogens with zero attached hydrogens (tertiary/aromatic N) is 4. The lowest BCUT2D eigenvalue weighted by Crippen LogP contribution is -2.44. The molecule has 9 heteroatoms. The summed E-state index contributed by atoms with van der Waals surface area (Å²) in [5, 5.41) is 6.81. The van der Waals surface area contributed by atoms with Crippen LogP contribution in [0.25, 0.3) is 5.70 Å². The number of pyridine rings is 1. The van der Waals surface area contributed by atoms with E-state index >= 15 is 0 Å². The highest BCUT2D eigenvalue weighted by molar-refractivity contribution is 5.82. The molecule has 2 fully saturated rings. The van der Waals surface area contributed by atoms with Crippen LogP contribution in [0.4, 0.5) is 0 Å². The van der Waals surface area contributed by atoms with Gasteiger partial charge < -0.3 is 21.3 Å². The van der Waals surface area contributed by atoms with E-state index in [1.807, 2.05) is 19.1 Å². The molecule has 0 bridgehead atoms. The summed E-state index contributed by atoms with van der Waals surface area (Å²) in [7, 11) is 1.72. The Kier molecular flexibility index (Phi) is 6.81. The Balaban J connectivity index is 1.73. The molecule has 0 saturated heterocycles. The molecule has 160 valence electrons. The van der Waals surface area contributed by atoms with E-state index in [9.17, 15) is 0 Å². The fourth-order valence-corrected chi connectivity index (χ4v) is 3.33. The molecule has 2 saturated carbocycles. The van der Waals surface area contributed by atoms with Crippen molar-refractivity contribution in [2.45, 2.75) is 45.4 Å². The highest BCUT2D eigenvalue weighted by Crippen LogP contribution is 2.33.